The van der Waals surface area contributed by atoms with Gasteiger partial charge < -0.3 is 15.5 Å². The van der Waals surface area contributed by atoms with E-state index in [1.807, 2.05) is 18.0 Å². The molecule has 7 nitrogen and oxygen atoms in total. The Hall–Kier alpha value is -2.81. The summed E-state index contributed by atoms with van der Waals surface area (Å²) in [6.45, 7) is 4.73. The van der Waals surface area contributed by atoms with Crippen LogP contribution in [-0.4, -0.2) is 73.1 Å². The number of halogens is 2. The third kappa shape index (κ3) is 6.55. The number of nitrogens with one attached hydrogen (secondary N) is 2. The zero-order chi connectivity index (χ0) is 26.9. The summed E-state index contributed by atoms with van der Waals surface area (Å²) in [5.41, 5.74) is 1.20. The monoisotopic (exact) mass is 516 g/mol. The van der Waals surface area contributed by atoms with Crippen LogP contribution in [0.25, 0.3) is 0 Å². The van der Waals surface area contributed by atoms with Crippen molar-refractivity contribution in [3.63, 3.8) is 0 Å². The Kier molecular flexibility index (Phi) is 8.02. The van der Waals surface area contributed by atoms with Gasteiger partial charge in [-0.05, 0) is 36.8 Å². The van der Waals surface area contributed by atoms with Crippen molar-refractivity contribution in [1.82, 2.24) is 20.4 Å². The molecule has 2 aliphatic carbocycles. The number of carbonyl (C=O) groups is 3. The predicted molar refractivity (Wildman–Crippen MR) is 137 cm³/mol. The average Bonchev–Trinajstić information content (AvgIpc) is 3.53. The number of amides is 2. The quantitative estimate of drug-likeness (QED) is 0.442. The minimum atomic E-state index is -2.66. The van der Waals surface area contributed by atoms with Crippen molar-refractivity contribution in [1.29, 1.82) is 0 Å². The summed E-state index contributed by atoms with van der Waals surface area (Å²) in [5, 5.41) is 5.98. The highest BCUT2D eigenvalue weighted by Crippen LogP contribution is 2.50. The standard InChI is InChI=1S/C28H38F2N4O3/c1-17(26-21-15-28(29,30)14-20(21)16-34(26)4)31-22(12-18-10-11-18)23(35)13-24(36)32-25(27(37)33(2)3)19-8-6-5-7-9-19/h5-9,18,20-22,25-26,31H,1,10-16H2,2-4H3,(H,32,36)/t20-,21-,22?,25?,26?/m0/s1. The van der Waals surface area contributed by atoms with Gasteiger partial charge >= 0.3 is 0 Å². The first kappa shape index (κ1) is 27.2. The molecule has 5 atom stereocenters. The van der Waals surface area contributed by atoms with Gasteiger partial charge in [0.25, 0.3) is 0 Å². The van der Waals surface area contributed by atoms with Gasteiger partial charge in [0.2, 0.25) is 17.7 Å². The van der Waals surface area contributed by atoms with Crippen molar-refractivity contribution in [2.45, 2.75) is 62.6 Å². The summed E-state index contributed by atoms with van der Waals surface area (Å²) in [6, 6.07) is 7.12. The van der Waals surface area contributed by atoms with E-state index in [1.165, 1.54) is 4.90 Å². The van der Waals surface area contributed by atoms with Crippen molar-refractivity contribution in [2.75, 3.05) is 27.7 Å². The SMILES string of the molecule is C=C(NC(CC1CC1)C(=O)CC(=O)NC(C(=O)N(C)C)c1ccccc1)C1[C@H]2CC(F)(F)C[C@H]2CN1C. The molecule has 2 N–H and O–H groups in total. The summed E-state index contributed by atoms with van der Waals surface area (Å²) in [6.07, 6.45) is 1.97. The van der Waals surface area contributed by atoms with Crippen LogP contribution in [0.15, 0.2) is 42.6 Å². The zero-order valence-corrected chi connectivity index (χ0v) is 21.9. The third-order valence-electron chi connectivity index (χ3n) is 7.94. The Morgan fingerprint density at radius 3 is 2.43 bits per heavy atom. The maximum atomic E-state index is 14.1. The second kappa shape index (κ2) is 10.9. The minimum Gasteiger partial charge on any atom is -0.378 e. The topological polar surface area (TPSA) is 81.8 Å². The number of hydrogen-bond donors (Lipinski definition) is 2. The molecule has 0 spiro atoms. The molecule has 1 aromatic rings. The highest BCUT2D eigenvalue weighted by atomic mass is 19.3. The van der Waals surface area contributed by atoms with E-state index < -0.39 is 23.9 Å². The number of nitrogens with zero attached hydrogens (tertiary/aromatic N) is 2. The van der Waals surface area contributed by atoms with Gasteiger partial charge in [0, 0.05) is 39.2 Å². The zero-order valence-electron chi connectivity index (χ0n) is 21.9. The molecular formula is C28H38F2N4O3. The van der Waals surface area contributed by atoms with Gasteiger partial charge in [-0.1, -0.05) is 49.8 Å². The summed E-state index contributed by atoms with van der Waals surface area (Å²) in [7, 11) is 5.13. The lowest BCUT2D eigenvalue weighted by molar-refractivity contribution is -0.136. The molecule has 2 saturated carbocycles. The molecule has 3 aliphatic rings. The molecule has 0 bridgehead atoms. The van der Waals surface area contributed by atoms with E-state index in [4.69, 9.17) is 0 Å². The fourth-order valence-corrected chi connectivity index (χ4v) is 5.99. The van der Waals surface area contributed by atoms with Crippen molar-refractivity contribution in [3.05, 3.63) is 48.2 Å². The molecule has 4 rings (SSSR count). The van der Waals surface area contributed by atoms with Crippen molar-refractivity contribution in [2.24, 2.45) is 17.8 Å². The molecular weight excluding hydrogens is 478 g/mol. The Balaban J connectivity index is 1.41. The summed E-state index contributed by atoms with van der Waals surface area (Å²) >= 11 is 0. The third-order valence-corrected chi connectivity index (χ3v) is 7.94. The van der Waals surface area contributed by atoms with E-state index in [2.05, 4.69) is 17.2 Å². The fourth-order valence-electron chi connectivity index (χ4n) is 5.99. The van der Waals surface area contributed by atoms with E-state index in [-0.39, 0.29) is 48.8 Å². The molecule has 9 heteroatoms. The maximum Gasteiger partial charge on any atom is 0.249 e. The van der Waals surface area contributed by atoms with Crippen LogP contribution in [0.4, 0.5) is 8.78 Å². The number of rotatable bonds is 11. The summed E-state index contributed by atoms with van der Waals surface area (Å²) in [5.74, 6) is -3.66. The summed E-state index contributed by atoms with van der Waals surface area (Å²) in [4.78, 5) is 42.5. The van der Waals surface area contributed by atoms with Gasteiger partial charge in [-0.2, -0.15) is 0 Å². The molecule has 1 aliphatic heterocycles. The first-order valence-corrected chi connectivity index (χ1v) is 13.1. The highest BCUT2D eigenvalue weighted by molar-refractivity contribution is 6.02. The number of likely N-dealkylation sites (tertiary alicyclic amines) is 1. The van der Waals surface area contributed by atoms with Gasteiger partial charge in [-0.25, -0.2) is 8.78 Å². The van der Waals surface area contributed by atoms with Crippen LogP contribution in [0.1, 0.15) is 50.1 Å². The van der Waals surface area contributed by atoms with E-state index in [9.17, 15) is 23.2 Å². The van der Waals surface area contributed by atoms with Crippen LogP contribution in [-0.2, 0) is 14.4 Å². The van der Waals surface area contributed by atoms with E-state index in [0.29, 0.717) is 30.1 Å². The highest BCUT2D eigenvalue weighted by Gasteiger charge is 2.54. The van der Waals surface area contributed by atoms with Crippen LogP contribution in [0, 0.1) is 17.8 Å². The Morgan fingerprint density at radius 1 is 1.14 bits per heavy atom. The largest absolute Gasteiger partial charge is 0.378 e. The lowest BCUT2D eigenvalue weighted by Gasteiger charge is -2.30. The first-order chi connectivity index (χ1) is 17.4. The lowest BCUT2D eigenvalue weighted by Crippen LogP contribution is -2.46. The smallest absolute Gasteiger partial charge is 0.249 e. The number of Topliss-reactive ketones (excluding diaryl/α,β-unsaturated/α-hetero) is 1. The molecule has 37 heavy (non-hydrogen) atoms. The molecule has 0 radical (unpaired) electrons. The second-order valence-electron chi connectivity index (χ2n) is 11.3. The number of alkyl halides is 2. The van der Waals surface area contributed by atoms with Gasteiger partial charge in [-0.15, -0.1) is 0 Å². The molecule has 1 heterocycles. The van der Waals surface area contributed by atoms with Crippen LogP contribution >= 0.6 is 0 Å². The van der Waals surface area contributed by atoms with E-state index in [0.717, 1.165) is 12.8 Å². The molecule has 3 fully saturated rings. The minimum absolute atomic E-state index is 0.0870. The average molecular weight is 517 g/mol. The van der Waals surface area contributed by atoms with Gasteiger partial charge in [0.15, 0.2) is 5.78 Å². The van der Waals surface area contributed by atoms with Crippen LogP contribution in [0.3, 0.4) is 0 Å². The van der Waals surface area contributed by atoms with Crippen molar-refractivity contribution < 1.29 is 23.2 Å². The van der Waals surface area contributed by atoms with Crippen molar-refractivity contribution in [3.8, 4) is 0 Å². The van der Waals surface area contributed by atoms with Gasteiger partial charge in [0.05, 0.1) is 18.5 Å². The summed E-state index contributed by atoms with van der Waals surface area (Å²) < 4.78 is 28.2. The number of fused-ring (bicyclic) bond motifs is 1. The number of hydrogen-bond acceptors (Lipinski definition) is 5. The second-order valence-corrected chi connectivity index (χ2v) is 11.3. The molecule has 3 unspecified atom stereocenters. The number of ketones is 1. The first-order valence-electron chi connectivity index (χ1n) is 13.1. The Morgan fingerprint density at radius 2 is 1.81 bits per heavy atom. The van der Waals surface area contributed by atoms with E-state index in [1.54, 1.807) is 38.4 Å². The molecule has 1 aromatic carbocycles. The molecule has 2 amide bonds. The fraction of sp³-hybridized carbons (Fsp3) is 0.607. The van der Waals surface area contributed by atoms with Crippen LogP contribution < -0.4 is 10.6 Å². The molecule has 1 saturated heterocycles. The predicted octanol–water partition coefficient (Wildman–Crippen LogP) is 3.14. The number of carbonyl (C=O) groups excluding carboxylic acids is 3. The molecule has 202 valence electrons. The Bertz CT molecular complexity index is 1030. The normalized spacial score (nSPS) is 26.1. The maximum absolute atomic E-state index is 14.1. The number of likely N-dealkylation sites (N-methyl/N-ethyl adjacent to an activating group) is 2. The van der Waals surface area contributed by atoms with Crippen LogP contribution in [0.2, 0.25) is 0 Å². The Labute approximate surface area is 217 Å². The van der Waals surface area contributed by atoms with Crippen LogP contribution in [0.5, 0.6) is 0 Å². The number of benzene rings is 1. The lowest BCUT2D eigenvalue weighted by atomic mass is 9.91. The van der Waals surface area contributed by atoms with E-state index >= 15 is 0 Å². The van der Waals surface area contributed by atoms with Gasteiger partial charge in [0.1, 0.15) is 6.04 Å². The van der Waals surface area contributed by atoms with Gasteiger partial charge in [-0.3, -0.25) is 19.3 Å². The molecule has 0 aromatic heterocycles. The van der Waals surface area contributed by atoms with Crippen molar-refractivity contribution >= 4 is 17.6 Å².